The van der Waals surface area contributed by atoms with Crippen LogP contribution in [-0.2, 0) is 0 Å². The highest BCUT2D eigenvalue weighted by molar-refractivity contribution is 7.13. The minimum atomic E-state index is 0.558. The first-order chi connectivity index (χ1) is 7.76. The number of anilines is 1. The van der Waals surface area contributed by atoms with Crippen LogP contribution in [0.1, 0.15) is 14.7 Å². The van der Waals surface area contributed by atoms with E-state index in [2.05, 4.69) is 15.3 Å². The van der Waals surface area contributed by atoms with Crippen LogP contribution in [0, 0.1) is 6.92 Å². The second-order valence-corrected chi connectivity index (χ2v) is 4.18. The summed E-state index contributed by atoms with van der Waals surface area (Å²) in [6.07, 6.45) is 5.96. The molecule has 0 aliphatic heterocycles. The normalized spacial score (nSPS) is 8.88. The van der Waals surface area contributed by atoms with Crippen molar-refractivity contribution in [1.82, 2.24) is 9.97 Å². The Morgan fingerprint density at radius 2 is 2.06 bits per heavy atom. The fourth-order valence-corrected chi connectivity index (χ4v) is 1.53. The first-order valence-corrected chi connectivity index (χ1v) is 5.53. The maximum absolute atomic E-state index is 9.97. The maximum Gasteiger partial charge on any atom is 0.178 e. The van der Waals surface area contributed by atoms with Crippen molar-refractivity contribution in [3.63, 3.8) is 0 Å². The number of hydrogen-bond acceptors (Lipinski definition) is 5. The Morgan fingerprint density at radius 1 is 1.38 bits per heavy atom. The number of carbonyl (C=O) groups excluding carboxylic acids is 1. The number of nitrogens with one attached hydrogen (secondary N) is 1. The van der Waals surface area contributed by atoms with Crippen molar-refractivity contribution >= 4 is 23.3 Å². The van der Waals surface area contributed by atoms with Crippen LogP contribution in [0.25, 0.3) is 0 Å². The molecule has 0 radical (unpaired) electrons. The Balaban J connectivity index is 0.000000160. The van der Waals surface area contributed by atoms with Gasteiger partial charge in [0.1, 0.15) is 0 Å². The van der Waals surface area contributed by atoms with Gasteiger partial charge >= 0.3 is 0 Å². The summed E-state index contributed by atoms with van der Waals surface area (Å²) in [5.74, 6) is 0. The minimum Gasteiger partial charge on any atom is -0.388 e. The lowest BCUT2D eigenvalue weighted by atomic mass is 10.4. The summed E-state index contributed by atoms with van der Waals surface area (Å²) in [5, 5.41) is 3.54. The van der Waals surface area contributed by atoms with Gasteiger partial charge in [0.25, 0.3) is 0 Å². The molecule has 0 amide bonds. The zero-order chi connectivity index (χ0) is 11.8. The predicted octanol–water partition coefficient (Wildman–Crippen LogP) is 2.39. The number of thiazole rings is 1. The molecule has 5 heteroatoms. The molecule has 0 bridgehead atoms. The Bertz CT molecular complexity index is 428. The molecule has 2 heterocycles. The minimum absolute atomic E-state index is 0.558. The summed E-state index contributed by atoms with van der Waals surface area (Å²) in [6, 6.07) is 3.83. The molecule has 1 N–H and O–H groups in total. The lowest BCUT2D eigenvalue weighted by Crippen LogP contribution is -1.85. The monoisotopic (exact) mass is 235 g/mol. The quantitative estimate of drug-likeness (QED) is 0.812. The van der Waals surface area contributed by atoms with E-state index in [1.807, 2.05) is 26.1 Å². The van der Waals surface area contributed by atoms with Crippen molar-refractivity contribution < 1.29 is 4.79 Å². The Morgan fingerprint density at radius 3 is 2.38 bits per heavy atom. The Labute approximate surface area is 98.4 Å². The summed E-state index contributed by atoms with van der Waals surface area (Å²) < 4.78 is 0. The van der Waals surface area contributed by atoms with Crippen LogP contribution in [0.5, 0.6) is 0 Å². The van der Waals surface area contributed by atoms with Crippen LogP contribution >= 0.6 is 11.3 Å². The third-order valence-electron chi connectivity index (χ3n) is 1.71. The zero-order valence-electron chi connectivity index (χ0n) is 9.18. The van der Waals surface area contributed by atoms with Crippen LogP contribution in [0.2, 0.25) is 0 Å². The van der Waals surface area contributed by atoms with Crippen molar-refractivity contribution in [1.29, 1.82) is 0 Å². The van der Waals surface area contributed by atoms with E-state index < -0.39 is 0 Å². The summed E-state index contributed by atoms with van der Waals surface area (Å²) >= 11 is 1.41. The van der Waals surface area contributed by atoms with Crippen molar-refractivity contribution in [2.75, 3.05) is 12.4 Å². The van der Waals surface area contributed by atoms with Gasteiger partial charge in [0.2, 0.25) is 0 Å². The number of aromatic nitrogens is 2. The molecule has 0 spiro atoms. The summed E-state index contributed by atoms with van der Waals surface area (Å²) in [6.45, 7) is 1.92. The molecule has 0 fully saturated rings. The van der Waals surface area contributed by atoms with E-state index in [0.29, 0.717) is 5.01 Å². The molecular formula is C11H13N3OS. The molecule has 2 aromatic rings. The molecule has 2 rings (SSSR count). The molecule has 16 heavy (non-hydrogen) atoms. The molecule has 0 unspecified atom stereocenters. The maximum atomic E-state index is 9.97. The lowest BCUT2D eigenvalue weighted by molar-refractivity contribution is 0.112. The number of carbonyl (C=O) groups is 1. The van der Waals surface area contributed by atoms with Gasteiger partial charge in [0, 0.05) is 36.2 Å². The van der Waals surface area contributed by atoms with Gasteiger partial charge in [-0.3, -0.25) is 9.78 Å². The van der Waals surface area contributed by atoms with Gasteiger partial charge in [-0.15, -0.1) is 11.3 Å². The lowest BCUT2D eigenvalue weighted by Gasteiger charge is -1.93. The fraction of sp³-hybridized carbons (Fsp3) is 0.182. The van der Waals surface area contributed by atoms with Gasteiger partial charge in [0.05, 0.1) is 0 Å². The van der Waals surface area contributed by atoms with E-state index in [1.54, 1.807) is 18.6 Å². The largest absolute Gasteiger partial charge is 0.388 e. The molecule has 0 saturated heterocycles. The van der Waals surface area contributed by atoms with E-state index in [9.17, 15) is 4.79 Å². The van der Waals surface area contributed by atoms with E-state index in [1.165, 1.54) is 11.3 Å². The Hall–Kier alpha value is -1.75. The van der Waals surface area contributed by atoms with Crippen LogP contribution in [0.3, 0.4) is 0 Å². The highest BCUT2D eigenvalue weighted by atomic mass is 32.1. The number of aryl methyl sites for hydroxylation is 1. The summed E-state index contributed by atoms with van der Waals surface area (Å²) in [5.41, 5.74) is 1.10. The van der Waals surface area contributed by atoms with Crippen LogP contribution < -0.4 is 5.32 Å². The van der Waals surface area contributed by atoms with Crippen LogP contribution in [0.15, 0.2) is 30.7 Å². The molecule has 0 aliphatic rings. The van der Waals surface area contributed by atoms with Gasteiger partial charge in [-0.1, -0.05) is 0 Å². The number of pyridine rings is 1. The average molecular weight is 235 g/mol. The Kier molecular flexibility index (Phi) is 5.15. The SMILES string of the molecule is CNc1ccncc1.Cc1cnc(C=O)s1. The van der Waals surface area contributed by atoms with E-state index >= 15 is 0 Å². The third kappa shape index (κ3) is 4.18. The first-order valence-electron chi connectivity index (χ1n) is 4.71. The van der Waals surface area contributed by atoms with Gasteiger partial charge in [-0.2, -0.15) is 0 Å². The van der Waals surface area contributed by atoms with Gasteiger partial charge in [0.15, 0.2) is 11.3 Å². The van der Waals surface area contributed by atoms with Crippen LogP contribution in [0.4, 0.5) is 5.69 Å². The van der Waals surface area contributed by atoms with E-state index in [4.69, 9.17) is 0 Å². The topological polar surface area (TPSA) is 54.9 Å². The third-order valence-corrected chi connectivity index (χ3v) is 2.55. The van der Waals surface area contributed by atoms with Crippen molar-refractivity contribution in [2.45, 2.75) is 6.92 Å². The highest BCUT2D eigenvalue weighted by Crippen LogP contribution is 2.07. The summed E-state index contributed by atoms with van der Waals surface area (Å²) in [4.78, 5) is 18.7. The molecule has 2 aromatic heterocycles. The number of aldehydes is 1. The van der Waals surface area contributed by atoms with Gasteiger partial charge in [-0.25, -0.2) is 4.98 Å². The van der Waals surface area contributed by atoms with Crippen molar-refractivity contribution in [2.24, 2.45) is 0 Å². The first kappa shape index (κ1) is 12.3. The predicted molar refractivity (Wildman–Crippen MR) is 66.0 cm³/mol. The second kappa shape index (κ2) is 6.68. The highest BCUT2D eigenvalue weighted by Gasteiger charge is 1.92. The van der Waals surface area contributed by atoms with Gasteiger partial charge < -0.3 is 5.32 Å². The van der Waals surface area contributed by atoms with Crippen LogP contribution in [-0.4, -0.2) is 23.3 Å². The number of nitrogens with zero attached hydrogens (tertiary/aromatic N) is 2. The van der Waals surface area contributed by atoms with Crippen molar-refractivity contribution in [3.8, 4) is 0 Å². The molecule has 0 aliphatic carbocycles. The summed E-state index contributed by atoms with van der Waals surface area (Å²) in [7, 11) is 1.88. The average Bonchev–Trinajstić information content (AvgIpc) is 2.77. The van der Waals surface area contributed by atoms with E-state index in [0.717, 1.165) is 16.9 Å². The van der Waals surface area contributed by atoms with Crippen molar-refractivity contribution in [3.05, 3.63) is 40.6 Å². The zero-order valence-corrected chi connectivity index (χ0v) is 9.99. The fourth-order valence-electron chi connectivity index (χ4n) is 0.945. The molecule has 0 saturated carbocycles. The smallest absolute Gasteiger partial charge is 0.178 e. The second-order valence-electron chi connectivity index (χ2n) is 2.91. The standard InChI is InChI=1S/C6H8N2.C5H5NOS/c1-7-6-2-4-8-5-3-6;1-4-2-6-5(3-7)8-4/h2-5H,1H3,(H,7,8);2-3H,1H3. The number of rotatable bonds is 2. The molecule has 0 aromatic carbocycles. The molecule has 84 valence electrons. The van der Waals surface area contributed by atoms with Gasteiger partial charge in [-0.05, 0) is 19.1 Å². The molecular weight excluding hydrogens is 222 g/mol. The molecule has 4 nitrogen and oxygen atoms in total. The number of hydrogen-bond donors (Lipinski definition) is 1. The molecule has 0 atom stereocenters. The van der Waals surface area contributed by atoms with E-state index in [-0.39, 0.29) is 0 Å².